The summed E-state index contributed by atoms with van der Waals surface area (Å²) in [7, 11) is 4.50. The van der Waals surface area contributed by atoms with Gasteiger partial charge in [-0.05, 0) is 246 Å². The van der Waals surface area contributed by atoms with E-state index in [-0.39, 0.29) is 91.9 Å². The van der Waals surface area contributed by atoms with E-state index in [0.29, 0.717) is 56.9 Å². The van der Waals surface area contributed by atoms with E-state index in [2.05, 4.69) is 321 Å². The highest BCUT2D eigenvalue weighted by Crippen LogP contribution is 2.40. The van der Waals surface area contributed by atoms with Crippen LogP contribution in [-0.4, -0.2) is 149 Å². The molecule has 2 bridgehead atoms. The van der Waals surface area contributed by atoms with Gasteiger partial charge in [-0.25, -0.2) is 15.3 Å². The molecule has 696 valence electrons. The Balaban J connectivity index is -0.0000000475. The molecule has 0 aromatic rings. The number of ether oxygens (including phenoxy) is 6. The molecule has 4 rings (SSSR count). The lowest BCUT2D eigenvalue weighted by molar-refractivity contribution is -0.816. The summed E-state index contributed by atoms with van der Waals surface area (Å²) in [5, 5.41) is 80.6. The van der Waals surface area contributed by atoms with E-state index in [4.69, 9.17) is 56.9 Å². The maximum absolute atomic E-state index is 14.4. The molecule has 0 unspecified atom stereocenters. The number of Topliss-reactive ketones (excluding diaryl/α,β-unsaturated/α-hetero) is 2. The minimum atomic E-state index is -2.54. The molecule has 31 heteroatoms. The molecule has 4 aliphatic rings. The number of fused-ring (bicyclic) bond motifs is 3. The molecule has 3 fully saturated rings. The number of carbonyl (C=O) groups is 6. The van der Waals surface area contributed by atoms with Crippen LogP contribution >= 0.6 is 0 Å². The highest BCUT2D eigenvalue weighted by Gasteiger charge is 2.57. The number of aliphatic hydroxyl groups excluding tert-OH is 1. The number of nitrogens with one attached hydrogen (secondary N) is 1. The van der Waals surface area contributed by atoms with Gasteiger partial charge in [0.1, 0.15) is 36.6 Å². The first-order valence-electron chi connectivity index (χ1n) is 36.1. The van der Waals surface area contributed by atoms with E-state index in [1.165, 1.54) is 27.0 Å². The van der Waals surface area contributed by atoms with E-state index >= 15 is 0 Å². The first kappa shape index (κ1) is 105. The van der Waals surface area contributed by atoms with Crippen molar-refractivity contribution < 1.29 is 192 Å². The van der Waals surface area contributed by atoms with Gasteiger partial charge in [-0.15, -0.1) is 12.8 Å². The number of piperidine rings is 1. The maximum atomic E-state index is 14.4. The molecule has 2 saturated heterocycles. The number of esters is 2. The monoisotopic (exact) mass is 1740 g/mol. The third-order valence-corrected chi connectivity index (χ3v) is 16.5. The number of terminal acetylenes is 2. The predicted molar refractivity (Wildman–Crippen MR) is 498 cm³/mol. The van der Waals surface area contributed by atoms with Gasteiger partial charge in [-0.1, -0.05) is 55.4 Å². The number of aliphatic carboxylic acids is 1. The van der Waals surface area contributed by atoms with Crippen LogP contribution in [0.1, 0.15) is 167 Å². The number of amides is 1. The van der Waals surface area contributed by atoms with Crippen molar-refractivity contribution in [2.24, 2.45) is 29.6 Å². The van der Waals surface area contributed by atoms with E-state index in [1.54, 1.807) is 20.8 Å². The molecule has 123 heavy (non-hydrogen) atoms. The zero-order valence-corrected chi connectivity index (χ0v) is 67.5. The quantitative estimate of drug-likeness (QED) is 0.00908. The highest BCUT2D eigenvalue weighted by atomic mass is 17.9. The average molecular weight is 1740 g/mol. The number of aliphatic hydroxyl groups is 2. The Morgan fingerprint density at radius 1 is 0.561 bits per heavy atom. The van der Waals surface area contributed by atoms with Gasteiger partial charge in [0, 0.05) is 266 Å². The minimum Gasteiger partial charge on any atom is -0.481 e. The SMILES string of the molecule is C#CC#CC#CC#CC#CC#CC#CC#CC#CC#CC#CC#CC#CC#CC#CC#CC#CC#CC#CC#CC#CC#CC#C.CC[C@@H]1/C=C(\C)C[C@H](C)C[C@H](OC)[C@H]2O[C@@](O)(C(=O)C(=O)N3CCCC[C@H]3C(=O)O[C@H](/C(C)=C/[C@@H]3CC[C@@H](OC(=O)CC(=O)O)[C@H](OC)C3)[C@H](C)[C@@H](O)CC1=O)[C@H](C)C[C@@H]2OC.OOOOOOONOOOOOOO.[HH].[HH].[HH].[HH].[HH].[HH].[HH].[HH].[HH].[HH].[HH].[HH].[HH].[HH].[HH].[HH].[HH].[HH].[HH].[HH].[HH].[HH].[HH].[HH].[HH].[HH].[HH].[HH].[HH].[HH].[HH].[HH].[HH].[HH]. The number of hydrogen-bond acceptors (Lipinski definition) is 29. The fourth-order valence-electron chi connectivity index (χ4n) is 11.3. The summed E-state index contributed by atoms with van der Waals surface area (Å²) in [6, 6.07) is -1.19. The molecule has 1 amide bonds. The van der Waals surface area contributed by atoms with Crippen LogP contribution in [0.5, 0.6) is 0 Å². The Kier molecular flexibility index (Phi) is 56.8. The van der Waals surface area contributed by atoms with Crippen molar-refractivity contribution in [3.8, 4) is 273 Å². The summed E-state index contributed by atoms with van der Waals surface area (Å²) in [6.45, 7) is 11.0. The molecule has 0 aromatic carbocycles. The van der Waals surface area contributed by atoms with Crippen molar-refractivity contribution in [2.45, 2.75) is 173 Å². The molecule has 0 radical (unpaired) electrons. The molecule has 3 heterocycles. The van der Waals surface area contributed by atoms with Crippen molar-refractivity contribution in [1.82, 2.24) is 10.5 Å². The number of carboxylic acids is 1. The van der Waals surface area contributed by atoms with E-state index in [0.717, 1.165) is 10.5 Å². The summed E-state index contributed by atoms with van der Waals surface area (Å²) in [5.41, 5.74) is 2.90. The Morgan fingerprint density at radius 2 is 0.967 bits per heavy atom. The van der Waals surface area contributed by atoms with Gasteiger partial charge in [-0.3, -0.25) is 24.0 Å². The highest BCUT2D eigenvalue weighted by molar-refractivity contribution is 6.39. The van der Waals surface area contributed by atoms with Crippen LogP contribution in [0.15, 0.2) is 23.3 Å². The molecule has 0 spiro atoms. The number of nitrogens with zero attached hydrogens (tertiary/aromatic N) is 1. The molecule has 14 atom stereocenters. The van der Waals surface area contributed by atoms with Crippen LogP contribution < -0.4 is 5.64 Å². The third-order valence-electron chi connectivity index (χ3n) is 16.5. The number of methoxy groups -OCH3 is 3. The van der Waals surface area contributed by atoms with Gasteiger partial charge >= 0.3 is 17.9 Å². The van der Waals surface area contributed by atoms with Crippen LogP contribution in [-0.2, 0) is 118 Å². The first-order valence-corrected chi connectivity index (χ1v) is 36.1. The van der Waals surface area contributed by atoms with Crippen LogP contribution in [0.25, 0.3) is 0 Å². The van der Waals surface area contributed by atoms with Gasteiger partial charge in [-0.2, -0.15) is 0 Å². The topological polar surface area (TPSA) is 385 Å². The summed E-state index contributed by atoms with van der Waals surface area (Å²) in [6.07, 6.45) is 11.4. The second-order valence-electron chi connectivity index (χ2n) is 24.7. The molecular weight excluding hydrogens is 1600 g/mol. The Morgan fingerprint density at radius 3 is 1.36 bits per heavy atom. The molecular formula is C92H144N2O29. The predicted octanol–water partition coefficient (Wildman–Crippen LogP) is 11.9. The summed E-state index contributed by atoms with van der Waals surface area (Å²) >= 11 is 0. The number of hydrogen-bond donors (Lipinski definition) is 6. The normalized spacial score (nSPS) is 22.2. The number of ketones is 2. The maximum Gasteiger partial charge on any atom is 0.329 e. The molecule has 31 nitrogen and oxygen atoms in total. The van der Waals surface area contributed by atoms with Crippen LogP contribution in [0, 0.1) is 303 Å². The van der Waals surface area contributed by atoms with Gasteiger partial charge in [0.25, 0.3) is 11.7 Å². The van der Waals surface area contributed by atoms with Gasteiger partial charge in [0.2, 0.25) is 5.79 Å². The molecule has 1 saturated carbocycles. The molecule has 0 aromatic heterocycles. The number of carbonyl (C=O) groups excluding carboxylic acids is 5. The van der Waals surface area contributed by atoms with E-state index in [9.17, 15) is 39.0 Å². The lowest BCUT2D eigenvalue weighted by Crippen LogP contribution is -2.64. The smallest absolute Gasteiger partial charge is 0.329 e. The Hall–Kier alpha value is -14.3. The Bertz CT molecular complexity index is 5250. The van der Waals surface area contributed by atoms with E-state index in [1.807, 2.05) is 32.9 Å². The molecule has 1 aliphatic carbocycles. The zero-order chi connectivity index (χ0) is 90.4. The van der Waals surface area contributed by atoms with Crippen LogP contribution in [0.3, 0.4) is 0 Å². The number of carboxylic acid groups (broad SMARTS) is 1. The zero-order valence-electron chi connectivity index (χ0n) is 67.5. The second kappa shape index (κ2) is 66.6. The van der Waals surface area contributed by atoms with Crippen LogP contribution in [0.2, 0.25) is 0 Å². The second-order valence-corrected chi connectivity index (χ2v) is 24.7. The number of cyclic esters (lactones) is 1. The lowest BCUT2D eigenvalue weighted by atomic mass is 9.81. The largest absolute Gasteiger partial charge is 0.481 e. The number of rotatable bonds is 21. The van der Waals surface area contributed by atoms with Crippen LogP contribution in [0.4, 0.5) is 0 Å². The van der Waals surface area contributed by atoms with Crippen molar-refractivity contribution >= 4 is 35.4 Å². The van der Waals surface area contributed by atoms with E-state index < -0.39 is 108 Å². The minimum absolute atomic E-state index is 0. The fourth-order valence-corrected chi connectivity index (χ4v) is 11.3. The molecule has 3 aliphatic heterocycles. The van der Waals surface area contributed by atoms with Crippen molar-refractivity contribution in [3.63, 3.8) is 0 Å². The van der Waals surface area contributed by atoms with Crippen molar-refractivity contribution in [2.75, 3.05) is 27.9 Å². The molecule has 6 N–H and O–H groups in total. The summed E-state index contributed by atoms with van der Waals surface area (Å²) in [4.78, 5) is 88.5. The Labute approximate surface area is 763 Å². The van der Waals surface area contributed by atoms with Gasteiger partial charge in [0.05, 0.1) is 24.4 Å². The van der Waals surface area contributed by atoms with Gasteiger partial charge in [0.15, 0.2) is 0 Å². The third kappa shape index (κ3) is 46.0. The first-order chi connectivity index (χ1) is 59.6. The van der Waals surface area contributed by atoms with Crippen molar-refractivity contribution in [1.29, 1.82) is 0 Å². The summed E-state index contributed by atoms with van der Waals surface area (Å²) < 4.78 is 35.3. The lowest BCUT2D eigenvalue weighted by Gasteiger charge is -2.47. The average Bonchev–Trinajstić information content (AvgIpc) is 0.895. The van der Waals surface area contributed by atoms with Gasteiger partial charge < -0.3 is 48.6 Å². The standard InChI is InChI=1S/C46H71NO15.C46H2.H3NO14.34H2/c1-10-31-18-25(2)17-26(3)19-37(58-8)42-38(59-9)21-28(5)46(56,62-42)43(53)44(54)47-16-12-11-13-32(47)45(55)61-41(29(6)33(48)23-34(31)49)27(4)20-30-14-15-35(36(22-30)57-7)60-40(52)24-39(50)51;1-3-5-7-9-11-13-15-17-19-21-23-25-27-29-31-33-35-37-39-41-43-45-46-44-42-40-38-36-34-32-30-28-26-24-22-20-18-16-14-12-10-8-6-4-2;2-6-10-14-12-8-4-1-5-9-13-15-11-7-3;;;;;;;;;;;;;;;;;;;;;;;;;;;;;;;;;;/h18,20,26,28-33,35-38,41-42,48,56H,10-17,19,21-24H2,1-9H3,(H,50,51);1-2H;1-3H;34*1H/b25-18+,27-20+;;;;;;;;;;;;;;;;;;;;;;;;;;;;;;;;;;;;/t26-,28+,29+,30-,31+,32-,33-,35+,36+,37-,38-,41+,42+,46+;;;;;;;;;;;;;;;;;;;;;;;;;;;;;;;;;;;;/m0..................................../s1. The number of allylic oxidation sites excluding steroid dienone is 3. The van der Waals surface area contributed by atoms with Crippen molar-refractivity contribution in [3.05, 3.63) is 23.3 Å². The fraction of sp³-hybridized carbons (Fsp3) is 0.391. The summed E-state index contributed by atoms with van der Waals surface area (Å²) in [5.74, 6) is 97.9.